The molecule has 0 bridgehead atoms. The second-order valence-electron chi connectivity index (χ2n) is 22.6. The molecule has 60 heteroatoms. The van der Waals surface area contributed by atoms with Crippen molar-refractivity contribution in [1.82, 2.24) is 16.0 Å². The van der Waals surface area contributed by atoms with Crippen molar-refractivity contribution in [3.8, 4) is 0 Å². The Labute approximate surface area is 631 Å². The minimum atomic E-state index is -5.55. The van der Waals surface area contributed by atoms with E-state index in [1.807, 2.05) is 0 Å². The summed E-state index contributed by atoms with van der Waals surface area (Å²) >= 11 is 1.09. The number of carbonyl (C=O) groups is 4. The summed E-state index contributed by atoms with van der Waals surface area (Å²) in [5.41, 5.74) is 0. The lowest BCUT2D eigenvalue weighted by Crippen LogP contribution is -2.69. The number of hydrogen-bond donors (Lipinski definition) is 12. The van der Waals surface area contributed by atoms with E-state index >= 15 is 0 Å². The molecule has 52 nitrogen and oxygen atoms in total. The maximum atomic E-state index is 13.9. The molecule has 0 aromatic rings. The molecule has 13 unspecified atom stereocenters. The zero-order chi connectivity index (χ0) is 78.1. The van der Waals surface area contributed by atoms with Crippen LogP contribution in [0, 0.1) is 5.92 Å². The zero-order valence-electron chi connectivity index (χ0n) is 55.9. The Hall–Kier alpha value is -1.88. The van der Waals surface area contributed by atoms with Crippen LogP contribution in [0.1, 0.15) is 32.6 Å². The van der Waals surface area contributed by atoms with Crippen molar-refractivity contribution in [3.63, 3.8) is 0 Å². The van der Waals surface area contributed by atoms with Crippen LogP contribution < -0.4 is 16.0 Å². The van der Waals surface area contributed by atoms with Crippen molar-refractivity contribution in [3.05, 3.63) is 0 Å². The molecule has 0 aliphatic carbocycles. The molecule has 7 saturated heterocycles. The SMILES string of the molecule is COC1C(OC)[C@H](O[C@H]2O[C@@H](COS(=O)(=O)O)[C@@H](O[C@@H]3OC(C(=O)O)[C@@H](O[C@@H]4OC(COS(=O)(=O)O)[C@@H](OC)[C@H](C)C4NC(=O)CCCCC4SCC5NC(=O)NC54)[C@H](OC)C3OC)C(OSOOO)C2OSOOO)[C@H](C(=O)O)O[C@@H]1O[C@@H]1C(COSOOO)O[C@H](OC)C(OSOOO)[C@H]1OSOOO. The number of carbonyl (C=O) groups excluding carboxylic acids is 2. The molecule has 0 spiro atoms. The van der Waals surface area contributed by atoms with Gasteiger partial charge in [0.15, 0.2) is 117 Å². The van der Waals surface area contributed by atoms with E-state index in [1.165, 1.54) is 7.11 Å². The summed E-state index contributed by atoms with van der Waals surface area (Å²) in [6.45, 7) is -1.47. The van der Waals surface area contributed by atoms with Gasteiger partial charge in [-0.05, 0) is 12.8 Å². The molecule has 28 atom stereocenters. The third-order valence-electron chi connectivity index (χ3n) is 16.8. The van der Waals surface area contributed by atoms with Gasteiger partial charge in [-0.25, -0.2) is 49.0 Å². The van der Waals surface area contributed by atoms with Crippen molar-refractivity contribution in [2.45, 2.75) is 197 Å². The Morgan fingerprint density at radius 1 is 0.495 bits per heavy atom. The van der Waals surface area contributed by atoms with Crippen molar-refractivity contribution < 1.29 is 229 Å². The van der Waals surface area contributed by atoms with Gasteiger partial charge in [0.25, 0.3) is 0 Å². The number of nitrogens with one attached hydrogen (secondary N) is 3. The first-order valence-corrected chi connectivity index (χ1v) is 37.6. The van der Waals surface area contributed by atoms with E-state index in [1.54, 1.807) is 18.7 Å². The van der Waals surface area contributed by atoms with Crippen LogP contribution in [0.3, 0.4) is 0 Å². The van der Waals surface area contributed by atoms with E-state index < -0.39 is 212 Å². The van der Waals surface area contributed by atoms with Crippen molar-refractivity contribution >= 4 is 118 Å². The molecule has 0 aromatic heterocycles. The second-order valence-corrected chi connectivity index (χ2v) is 28.4. The molecule has 3 amide bonds. The fourth-order valence-corrected chi connectivity index (χ4v) is 16.3. The Morgan fingerprint density at radius 3 is 1.36 bits per heavy atom. The number of aliphatic carboxylic acids is 2. The number of ether oxygens (including phenoxy) is 15. The second kappa shape index (κ2) is 46.0. The van der Waals surface area contributed by atoms with E-state index in [0.29, 0.717) is 25.0 Å². The van der Waals surface area contributed by atoms with Crippen LogP contribution in [0.25, 0.3) is 0 Å². The largest absolute Gasteiger partial charge is 0.479 e. The Bertz CT molecular complexity index is 2910. The van der Waals surface area contributed by atoms with Gasteiger partial charge in [-0.1, -0.05) is 38.5 Å². The molecule has 7 fully saturated rings. The lowest BCUT2D eigenvalue weighted by Gasteiger charge is -2.51. The zero-order valence-corrected chi connectivity index (χ0v) is 62.5. The Kier molecular flexibility index (Phi) is 39.7. The Balaban J connectivity index is 1.21. The first kappa shape index (κ1) is 92.3. The van der Waals surface area contributed by atoms with Crippen LogP contribution >= 0.6 is 73.4 Å². The quantitative estimate of drug-likeness (QED) is 0.00869. The van der Waals surface area contributed by atoms with Gasteiger partial charge in [-0.2, -0.15) is 28.6 Å². The summed E-state index contributed by atoms with van der Waals surface area (Å²) in [4.78, 5) is 53.3. The molecule has 622 valence electrons. The van der Waals surface area contributed by atoms with Gasteiger partial charge in [0.1, 0.15) is 79.4 Å². The minimum Gasteiger partial charge on any atom is -0.479 e. The predicted octanol–water partition coefficient (Wildman–Crippen LogP) is -0.993. The topological polar surface area (TPSA) is 650 Å². The average molecular weight is 1720 g/mol. The lowest BCUT2D eigenvalue weighted by molar-refractivity contribution is -0.437. The molecule has 0 radical (unpaired) electrons. The van der Waals surface area contributed by atoms with Gasteiger partial charge in [0.2, 0.25) is 5.91 Å². The first-order valence-electron chi connectivity index (χ1n) is 30.5. The summed E-state index contributed by atoms with van der Waals surface area (Å²) in [7, 11) is -4.26. The van der Waals surface area contributed by atoms with Crippen molar-refractivity contribution in [2.24, 2.45) is 5.92 Å². The Morgan fingerprint density at radius 2 is 0.907 bits per heavy atom. The van der Waals surface area contributed by atoms with E-state index in [9.17, 15) is 65.8 Å². The highest BCUT2D eigenvalue weighted by Crippen LogP contribution is 2.43. The maximum Gasteiger partial charge on any atom is 0.397 e. The van der Waals surface area contributed by atoms with Gasteiger partial charge in [-0.3, -0.25) is 34.8 Å². The normalized spacial score (nSPS) is 36.9. The van der Waals surface area contributed by atoms with E-state index in [2.05, 4.69) is 67.0 Å². The molecular weight excluding hydrogens is 1650 g/mol. The molecule has 7 heterocycles. The van der Waals surface area contributed by atoms with Crippen LogP contribution in [0.2, 0.25) is 0 Å². The fourth-order valence-electron chi connectivity index (χ4n) is 12.5. The van der Waals surface area contributed by atoms with Crippen LogP contribution in [-0.2, 0) is 182 Å². The number of unbranched alkanes of at least 4 members (excludes halogenated alkanes) is 1. The van der Waals surface area contributed by atoms with Crippen LogP contribution in [0.15, 0.2) is 0 Å². The standard InChI is InChI=1S/C47H77N3O49S8/c1-16-23(49-22(51)11-9-8-10-21-24-17(15-100-21)48-47(56)50-24)42(77-19(25(16)68-2)13-75-106(62,63)64)82-30-28(69-3)36(71-5)45(84-34(30)40(52)53)81-27-20(14-76-107(65,66)67)79-46(39(89-105-99-94-61)33(27)87-103-97-92-59)83-31-29(70-4)37(72-6)44(85-35(31)41(54)55)80-26-18(12-74-101-95-90-57)78-43(73-7)38(88-104-98-93-60)32(26)86-102-96-91-58/h16-21,23-39,42-46,57-61H,8-15H2,1-7H3,(H,49,51)(H,52,53)(H,54,55)(H2,48,50,56)(H,62,63,64)(H,65,66,67)/t16-,17?,18?,19?,20+,21?,23?,24?,25+,26-,27-,28+,29?,30+,31+,32+,33?,34?,35-,36?,37?,38?,39?,42+,43+,44+,45-,46-/m1/s1. The number of rotatable bonds is 49. The fraction of sp³-hybridized carbons (Fsp3) is 0.915. The maximum absolute atomic E-state index is 13.9. The summed E-state index contributed by atoms with van der Waals surface area (Å²) < 4.78 is 219. The van der Waals surface area contributed by atoms with Gasteiger partial charge in [0.05, 0.1) is 44.1 Å². The number of carboxylic acids is 2. The molecule has 0 aromatic carbocycles. The monoisotopic (exact) mass is 1720 g/mol. The third kappa shape index (κ3) is 26.1. The van der Waals surface area contributed by atoms with Crippen molar-refractivity contribution in [2.75, 3.05) is 68.2 Å². The van der Waals surface area contributed by atoms with Crippen molar-refractivity contribution in [1.29, 1.82) is 0 Å². The molecule has 0 saturated carbocycles. The van der Waals surface area contributed by atoms with Crippen LogP contribution in [-0.4, -0.2) is 319 Å². The number of fused-ring (bicyclic) bond motifs is 1. The van der Waals surface area contributed by atoms with Gasteiger partial charge in [0, 0.05) is 66.0 Å². The third-order valence-corrected chi connectivity index (χ3v) is 21.2. The number of thioether (sulfide) groups is 1. The number of amides is 3. The summed E-state index contributed by atoms with van der Waals surface area (Å²) in [5.74, 6) is -4.57. The van der Waals surface area contributed by atoms with Gasteiger partial charge in [-0.15, -0.1) is 21.7 Å². The number of methoxy groups -OCH3 is 6. The lowest BCUT2D eigenvalue weighted by atomic mass is 9.88. The van der Waals surface area contributed by atoms with Gasteiger partial charge < -0.3 is 97.2 Å². The predicted molar refractivity (Wildman–Crippen MR) is 337 cm³/mol. The summed E-state index contributed by atoms with van der Waals surface area (Å²) in [5, 5.41) is 94.0. The summed E-state index contributed by atoms with van der Waals surface area (Å²) in [6, 6.07) is -1.73. The highest BCUT2D eigenvalue weighted by molar-refractivity contribution is 8.00. The molecule has 7 aliphatic rings. The van der Waals surface area contributed by atoms with Crippen LogP contribution in [0.5, 0.6) is 0 Å². The van der Waals surface area contributed by atoms with E-state index in [0.717, 1.165) is 35.5 Å². The first-order chi connectivity index (χ1) is 51.3. The smallest absolute Gasteiger partial charge is 0.397 e. The number of urea groups is 1. The molecule has 12 N–H and O–H groups in total. The minimum absolute atomic E-state index is 0.0308. The molecule has 7 rings (SSSR count). The molecule has 107 heavy (non-hydrogen) atoms. The number of carboxylic acid groups (broad SMARTS) is 2. The highest BCUT2D eigenvalue weighted by atomic mass is 32.3. The summed E-state index contributed by atoms with van der Waals surface area (Å²) in [6.07, 6.45) is -42.5. The number of hydrogen-bond acceptors (Lipinski definition) is 51. The highest BCUT2D eigenvalue weighted by Gasteiger charge is 2.62. The van der Waals surface area contributed by atoms with Gasteiger partial charge >= 0.3 is 38.8 Å². The van der Waals surface area contributed by atoms with Crippen LogP contribution in [0.4, 0.5) is 4.79 Å². The molecule has 7 aliphatic heterocycles. The average Bonchev–Trinajstić information content (AvgIpc) is 1.50. The van der Waals surface area contributed by atoms with E-state index in [4.69, 9.17) is 112 Å². The van der Waals surface area contributed by atoms with E-state index in [-0.39, 0.29) is 91.4 Å². The molecular formula is C47H77N3O49S8.